The molecular formula is C16H21BrN2O5. The summed E-state index contributed by atoms with van der Waals surface area (Å²) >= 11 is 3.29. The van der Waals surface area contributed by atoms with E-state index in [1.54, 1.807) is 45.0 Å². The Hall–Kier alpha value is -2.09. The van der Waals surface area contributed by atoms with Gasteiger partial charge >= 0.3 is 12.0 Å². The molecule has 0 bridgehead atoms. The van der Waals surface area contributed by atoms with E-state index in [4.69, 9.17) is 9.47 Å². The number of hydrogen-bond acceptors (Lipinski definition) is 5. The third-order valence-electron chi connectivity index (χ3n) is 2.55. The SMILES string of the molecule is C[C@H](Oc1ccc(Br)cc1)C(=O)OCC(=O)NC(=O)NC(C)(C)C. The number of carbonyl (C=O) groups is 3. The van der Waals surface area contributed by atoms with Gasteiger partial charge in [-0.05, 0) is 52.0 Å². The fraction of sp³-hybridized carbons (Fsp3) is 0.438. The molecule has 1 rings (SSSR count). The molecule has 0 spiro atoms. The van der Waals surface area contributed by atoms with Crippen LogP contribution in [0.3, 0.4) is 0 Å². The van der Waals surface area contributed by atoms with E-state index in [1.165, 1.54) is 6.92 Å². The first kappa shape index (κ1) is 20.0. The van der Waals surface area contributed by atoms with Crippen LogP contribution in [0.4, 0.5) is 4.79 Å². The zero-order valence-electron chi connectivity index (χ0n) is 14.0. The molecule has 8 heteroatoms. The fourth-order valence-corrected chi connectivity index (χ4v) is 1.82. The second kappa shape index (κ2) is 8.68. The van der Waals surface area contributed by atoms with Crippen molar-refractivity contribution in [2.45, 2.75) is 39.3 Å². The Kier molecular flexibility index (Phi) is 7.21. The van der Waals surface area contributed by atoms with Crippen LogP contribution in [-0.4, -0.2) is 36.2 Å². The molecule has 0 aliphatic carbocycles. The van der Waals surface area contributed by atoms with E-state index in [0.29, 0.717) is 5.75 Å². The van der Waals surface area contributed by atoms with Gasteiger partial charge < -0.3 is 14.8 Å². The average Bonchev–Trinajstić information content (AvgIpc) is 2.45. The van der Waals surface area contributed by atoms with Crippen LogP contribution in [-0.2, 0) is 14.3 Å². The Labute approximate surface area is 149 Å². The van der Waals surface area contributed by atoms with Crippen molar-refractivity contribution in [2.24, 2.45) is 0 Å². The molecule has 1 aromatic rings. The number of imide groups is 1. The largest absolute Gasteiger partial charge is 0.479 e. The summed E-state index contributed by atoms with van der Waals surface area (Å²) in [5.41, 5.74) is -0.478. The first-order valence-electron chi connectivity index (χ1n) is 7.27. The smallest absolute Gasteiger partial charge is 0.347 e. The van der Waals surface area contributed by atoms with Crippen LogP contribution in [0.25, 0.3) is 0 Å². The highest BCUT2D eigenvalue weighted by Crippen LogP contribution is 2.17. The van der Waals surface area contributed by atoms with Crippen molar-refractivity contribution in [1.29, 1.82) is 0 Å². The highest BCUT2D eigenvalue weighted by molar-refractivity contribution is 9.10. The Balaban J connectivity index is 2.37. The Morgan fingerprint density at radius 1 is 1.17 bits per heavy atom. The number of nitrogens with one attached hydrogen (secondary N) is 2. The van der Waals surface area contributed by atoms with Gasteiger partial charge in [0.1, 0.15) is 5.75 Å². The molecule has 7 nitrogen and oxygen atoms in total. The predicted octanol–water partition coefficient (Wildman–Crippen LogP) is 2.38. The molecule has 0 saturated heterocycles. The second-order valence-corrected chi connectivity index (χ2v) is 6.99. The van der Waals surface area contributed by atoms with Gasteiger partial charge in [0.2, 0.25) is 0 Å². The lowest BCUT2D eigenvalue weighted by Gasteiger charge is -2.20. The van der Waals surface area contributed by atoms with E-state index in [9.17, 15) is 14.4 Å². The fourth-order valence-electron chi connectivity index (χ4n) is 1.55. The molecule has 132 valence electrons. The molecule has 0 aliphatic heterocycles. The molecular weight excluding hydrogens is 380 g/mol. The minimum atomic E-state index is -0.887. The molecule has 0 unspecified atom stereocenters. The van der Waals surface area contributed by atoms with E-state index in [0.717, 1.165) is 4.47 Å². The first-order chi connectivity index (χ1) is 11.1. The maximum atomic E-state index is 11.8. The van der Waals surface area contributed by atoms with Crippen LogP contribution >= 0.6 is 15.9 Å². The number of rotatable bonds is 5. The van der Waals surface area contributed by atoms with Crippen molar-refractivity contribution < 1.29 is 23.9 Å². The zero-order chi connectivity index (χ0) is 18.3. The van der Waals surface area contributed by atoms with E-state index in [2.05, 4.69) is 26.6 Å². The zero-order valence-corrected chi connectivity index (χ0v) is 15.6. The van der Waals surface area contributed by atoms with E-state index in [1.807, 2.05) is 0 Å². The number of hydrogen-bond donors (Lipinski definition) is 2. The van der Waals surface area contributed by atoms with Gasteiger partial charge in [-0.3, -0.25) is 10.1 Å². The van der Waals surface area contributed by atoms with Crippen molar-refractivity contribution >= 4 is 33.8 Å². The third-order valence-corrected chi connectivity index (χ3v) is 3.07. The van der Waals surface area contributed by atoms with Crippen LogP contribution in [0.1, 0.15) is 27.7 Å². The molecule has 0 fully saturated rings. The lowest BCUT2D eigenvalue weighted by atomic mass is 10.1. The van der Waals surface area contributed by atoms with E-state index in [-0.39, 0.29) is 0 Å². The van der Waals surface area contributed by atoms with Gasteiger partial charge in [-0.2, -0.15) is 0 Å². The van der Waals surface area contributed by atoms with E-state index >= 15 is 0 Å². The van der Waals surface area contributed by atoms with Gasteiger partial charge in [-0.25, -0.2) is 9.59 Å². The molecule has 0 aromatic heterocycles. The summed E-state index contributed by atoms with van der Waals surface area (Å²) in [6, 6.07) is 6.28. The second-order valence-electron chi connectivity index (χ2n) is 6.07. The summed E-state index contributed by atoms with van der Waals surface area (Å²) in [5.74, 6) is -0.929. The van der Waals surface area contributed by atoms with Crippen molar-refractivity contribution in [1.82, 2.24) is 10.6 Å². The quantitative estimate of drug-likeness (QED) is 0.739. The van der Waals surface area contributed by atoms with Crippen molar-refractivity contribution in [3.63, 3.8) is 0 Å². The standard InChI is InChI=1S/C16H21BrN2O5/c1-10(24-12-7-5-11(17)6-8-12)14(21)23-9-13(20)18-15(22)19-16(2,3)4/h5-8,10H,9H2,1-4H3,(H2,18,19,20,22)/t10-/m0/s1. The van der Waals surface area contributed by atoms with Crippen LogP contribution in [0.5, 0.6) is 5.75 Å². The van der Waals surface area contributed by atoms with Crippen molar-refractivity contribution in [2.75, 3.05) is 6.61 Å². The Morgan fingerprint density at radius 2 is 1.75 bits per heavy atom. The van der Waals surface area contributed by atoms with Gasteiger partial charge in [0.25, 0.3) is 5.91 Å². The third kappa shape index (κ3) is 7.96. The molecule has 24 heavy (non-hydrogen) atoms. The summed E-state index contributed by atoms with van der Waals surface area (Å²) in [7, 11) is 0. The number of benzene rings is 1. The topological polar surface area (TPSA) is 93.7 Å². The van der Waals surface area contributed by atoms with Crippen molar-refractivity contribution in [3.05, 3.63) is 28.7 Å². The van der Waals surface area contributed by atoms with Gasteiger partial charge in [0.05, 0.1) is 0 Å². The molecule has 0 radical (unpaired) electrons. The maximum absolute atomic E-state index is 11.8. The monoisotopic (exact) mass is 400 g/mol. The molecule has 3 amide bonds. The predicted molar refractivity (Wildman–Crippen MR) is 91.6 cm³/mol. The maximum Gasteiger partial charge on any atom is 0.347 e. The minimum absolute atomic E-state index is 0.478. The van der Waals surface area contributed by atoms with Gasteiger partial charge in [-0.15, -0.1) is 0 Å². The summed E-state index contributed by atoms with van der Waals surface area (Å²) in [4.78, 5) is 34.9. The summed E-state index contributed by atoms with van der Waals surface area (Å²) in [6.45, 7) is 6.27. The lowest BCUT2D eigenvalue weighted by Crippen LogP contribution is -2.49. The Bertz CT molecular complexity index is 595. The van der Waals surface area contributed by atoms with Gasteiger partial charge in [0, 0.05) is 10.0 Å². The van der Waals surface area contributed by atoms with Gasteiger partial charge in [-0.1, -0.05) is 15.9 Å². The number of urea groups is 1. The highest BCUT2D eigenvalue weighted by atomic mass is 79.9. The van der Waals surface area contributed by atoms with Crippen LogP contribution in [0.2, 0.25) is 0 Å². The lowest BCUT2D eigenvalue weighted by molar-refractivity contribution is -0.154. The molecule has 1 atom stereocenters. The highest BCUT2D eigenvalue weighted by Gasteiger charge is 2.20. The normalized spacial score (nSPS) is 12.0. The Morgan fingerprint density at radius 3 is 2.29 bits per heavy atom. The molecule has 0 aliphatic rings. The number of amides is 3. The number of esters is 1. The average molecular weight is 401 g/mol. The van der Waals surface area contributed by atoms with Gasteiger partial charge in [0.15, 0.2) is 12.7 Å². The molecule has 1 aromatic carbocycles. The van der Waals surface area contributed by atoms with Crippen LogP contribution in [0.15, 0.2) is 28.7 Å². The number of ether oxygens (including phenoxy) is 2. The number of carbonyl (C=O) groups excluding carboxylic acids is 3. The summed E-state index contributed by atoms with van der Waals surface area (Å²) in [6.07, 6.45) is -0.887. The minimum Gasteiger partial charge on any atom is -0.479 e. The molecule has 0 saturated carbocycles. The van der Waals surface area contributed by atoms with Crippen LogP contribution in [0, 0.1) is 0 Å². The summed E-state index contributed by atoms with van der Waals surface area (Å²) < 4.78 is 11.1. The number of halogens is 1. The molecule has 0 heterocycles. The van der Waals surface area contributed by atoms with Crippen LogP contribution < -0.4 is 15.4 Å². The van der Waals surface area contributed by atoms with E-state index < -0.39 is 36.2 Å². The molecule has 2 N–H and O–H groups in total. The first-order valence-corrected chi connectivity index (χ1v) is 8.07. The van der Waals surface area contributed by atoms with Crippen molar-refractivity contribution in [3.8, 4) is 5.75 Å². The summed E-state index contributed by atoms with van der Waals surface area (Å²) in [5, 5.41) is 4.63.